The molecule has 8 heteroatoms. The van der Waals surface area contributed by atoms with Crippen LogP contribution in [0.2, 0.25) is 0 Å². The summed E-state index contributed by atoms with van der Waals surface area (Å²) >= 11 is 2.86. The van der Waals surface area contributed by atoms with Crippen LogP contribution in [0.5, 0.6) is 0 Å². The number of methoxy groups -OCH3 is 1. The molecule has 1 aromatic carbocycles. The lowest BCUT2D eigenvalue weighted by Gasteiger charge is -2.13. The van der Waals surface area contributed by atoms with E-state index in [1.807, 2.05) is 0 Å². The van der Waals surface area contributed by atoms with Gasteiger partial charge < -0.3 is 10.1 Å². The molecule has 1 rings (SSSR count). The summed E-state index contributed by atoms with van der Waals surface area (Å²) in [7, 11) is 1.19. The second-order valence-electron chi connectivity index (χ2n) is 3.40. The van der Waals surface area contributed by atoms with Gasteiger partial charge in [0, 0.05) is 0 Å². The van der Waals surface area contributed by atoms with Crippen LogP contribution < -0.4 is 5.32 Å². The van der Waals surface area contributed by atoms with Crippen LogP contribution in [0.1, 0.15) is 6.92 Å². The summed E-state index contributed by atoms with van der Waals surface area (Å²) in [5.74, 6) is -1.60. The summed E-state index contributed by atoms with van der Waals surface area (Å²) < 4.78 is 18.0. The molecule has 0 aliphatic heterocycles. The highest BCUT2D eigenvalue weighted by Crippen LogP contribution is 2.32. The van der Waals surface area contributed by atoms with Gasteiger partial charge in [0.15, 0.2) is 0 Å². The van der Waals surface area contributed by atoms with Crippen LogP contribution in [0.4, 0.5) is 15.8 Å². The molecular weight excluding hydrogens is 311 g/mol. The number of nitro groups is 1. The first-order valence-corrected chi connectivity index (χ1v) is 5.64. The zero-order chi connectivity index (χ0) is 13.9. The molecule has 0 radical (unpaired) electrons. The van der Waals surface area contributed by atoms with Crippen molar-refractivity contribution in [3.63, 3.8) is 0 Å². The standard InChI is InChI=1S/C10H10BrFN2O4/c1-5(10(15)18-2)13-7-4-3-6(11)8(12)9(7)14(16)17/h3-5,13H,1-2H3. The van der Waals surface area contributed by atoms with E-state index < -0.39 is 28.4 Å². The van der Waals surface area contributed by atoms with Gasteiger partial charge in [-0.05, 0) is 35.0 Å². The van der Waals surface area contributed by atoms with Gasteiger partial charge in [-0.1, -0.05) is 0 Å². The minimum absolute atomic E-state index is 0.0227. The third-order valence-corrected chi connectivity index (χ3v) is 2.79. The van der Waals surface area contributed by atoms with E-state index in [9.17, 15) is 19.3 Å². The fraction of sp³-hybridized carbons (Fsp3) is 0.300. The third-order valence-electron chi connectivity index (χ3n) is 2.18. The molecule has 0 aromatic heterocycles. The van der Waals surface area contributed by atoms with E-state index in [1.54, 1.807) is 0 Å². The van der Waals surface area contributed by atoms with Gasteiger partial charge in [0.25, 0.3) is 0 Å². The number of rotatable bonds is 4. The van der Waals surface area contributed by atoms with E-state index in [-0.39, 0.29) is 10.2 Å². The van der Waals surface area contributed by atoms with Crippen molar-refractivity contribution in [2.45, 2.75) is 13.0 Å². The molecule has 0 aliphatic rings. The highest BCUT2D eigenvalue weighted by atomic mass is 79.9. The Morgan fingerprint density at radius 2 is 2.22 bits per heavy atom. The van der Waals surface area contributed by atoms with E-state index in [0.29, 0.717) is 0 Å². The third kappa shape index (κ3) is 2.95. The molecule has 98 valence electrons. The lowest BCUT2D eigenvalue weighted by molar-refractivity contribution is -0.386. The van der Waals surface area contributed by atoms with E-state index in [1.165, 1.54) is 26.2 Å². The average molecular weight is 321 g/mol. The summed E-state index contributed by atoms with van der Waals surface area (Å²) in [4.78, 5) is 21.1. The van der Waals surface area contributed by atoms with Gasteiger partial charge in [0.1, 0.15) is 11.7 Å². The largest absolute Gasteiger partial charge is 0.467 e. The number of nitrogens with one attached hydrogen (secondary N) is 1. The molecule has 0 spiro atoms. The Hall–Kier alpha value is -1.70. The number of carbonyl (C=O) groups excluding carboxylic acids is 1. The number of nitro benzene ring substituents is 1. The number of hydrogen-bond acceptors (Lipinski definition) is 5. The van der Waals surface area contributed by atoms with Crippen LogP contribution in [0.3, 0.4) is 0 Å². The number of esters is 1. The minimum atomic E-state index is -0.998. The van der Waals surface area contributed by atoms with Crippen molar-refractivity contribution in [3.8, 4) is 0 Å². The fourth-order valence-electron chi connectivity index (χ4n) is 1.30. The smallest absolute Gasteiger partial charge is 0.328 e. The molecule has 1 aromatic rings. The van der Waals surface area contributed by atoms with Crippen LogP contribution in [-0.2, 0) is 9.53 Å². The van der Waals surface area contributed by atoms with E-state index in [0.717, 1.165) is 0 Å². The number of benzene rings is 1. The maximum absolute atomic E-state index is 13.6. The second-order valence-corrected chi connectivity index (χ2v) is 4.26. The van der Waals surface area contributed by atoms with Crippen LogP contribution in [0.25, 0.3) is 0 Å². The summed E-state index contributed by atoms with van der Waals surface area (Å²) in [6, 6.07) is 1.80. The Morgan fingerprint density at radius 3 is 2.72 bits per heavy atom. The van der Waals surface area contributed by atoms with Gasteiger partial charge in [0.05, 0.1) is 16.5 Å². The summed E-state index contributed by atoms with van der Waals surface area (Å²) in [5.41, 5.74) is -0.807. The summed E-state index contributed by atoms with van der Waals surface area (Å²) in [5, 5.41) is 13.3. The van der Waals surface area contributed by atoms with Crippen LogP contribution in [0, 0.1) is 15.9 Å². The molecular formula is C10H10BrFN2O4. The van der Waals surface area contributed by atoms with Gasteiger partial charge in [-0.25, -0.2) is 4.79 Å². The topological polar surface area (TPSA) is 81.5 Å². The highest BCUT2D eigenvalue weighted by Gasteiger charge is 2.25. The van der Waals surface area contributed by atoms with Crippen LogP contribution in [0.15, 0.2) is 16.6 Å². The zero-order valence-corrected chi connectivity index (χ0v) is 11.2. The lowest BCUT2D eigenvalue weighted by atomic mass is 10.2. The van der Waals surface area contributed by atoms with Crippen LogP contribution >= 0.6 is 15.9 Å². The van der Waals surface area contributed by atoms with Crippen molar-refractivity contribution in [1.82, 2.24) is 0 Å². The molecule has 0 heterocycles. The molecule has 0 amide bonds. The number of carbonyl (C=O) groups is 1. The monoisotopic (exact) mass is 320 g/mol. The van der Waals surface area contributed by atoms with Crippen molar-refractivity contribution in [1.29, 1.82) is 0 Å². The summed E-state index contributed by atoms with van der Waals surface area (Å²) in [6.07, 6.45) is 0. The van der Waals surface area contributed by atoms with Crippen molar-refractivity contribution in [2.24, 2.45) is 0 Å². The van der Waals surface area contributed by atoms with Gasteiger partial charge in [-0.15, -0.1) is 0 Å². The first-order chi connectivity index (χ1) is 8.38. The average Bonchev–Trinajstić information content (AvgIpc) is 2.32. The molecule has 0 fully saturated rings. The van der Waals surface area contributed by atoms with E-state index in [2.05, 4.69) is 26.0 Å². The normalized spacial score (nSPS) is 11.8. The Morgan fingerprint density at radius 1 is 1.61 bits per heavy atom. The van der Waals surface area contributed by atoms with E-state index in [4.69, 9.17) is 0 Å². The molecule has 1 unspecified atom stereocenters. The van der Waals surface area contributed by atoms with Gasteiger partial charge in [-0.2, -0.15) is 4.39 Å². The van der Waals surface area contributed by atoms with Gasteiger partial charge >= 0.3 is 11.7 Å². The molecule has 0 saturated heterocycles. The van der Waals surface area contributed by atoms with Gasteiger partial charge in [0.2, 0.25) is 5.82 Å². The Balaban J connectivity index is 3.13. The summed E-state index contributed by atoms with van der Waals surface area (Å²) in [6.45, 7) is 1.45. The minimum Gasteiger partial charge on any atom is -0.467 e. The highest BCUT2D eigenvalue weighted by molar-refractivity contribution is 9.10. The molecule has 0 saturated carbocycles. The van der Waals surface area contributed by atoms with Crippen molar-refractivity contribution in [2.75, 3.05) is 12.4 Å². The SMILES string of the molecule is COC(=O)C(C)Nc1ccc(Br)c(F)c1[N+](=O)[O-]. The molecule has 0 aliphatic carbocycles. The maximum atomic E-state index is 13.6. The van der Waals surface area contributed by atoms with Gasteiger partial charge in [-0.3, -0.25) is 10.1 Å². The van der Waals surface area contributed by atoms with Crippen molar-refractivity contribution >= 4 is 33.3 Å². The van der Waals surface area contributed by atoms with Crippen molar-refractivity contribution < 1.29 is 18.8 Å². The first kappa shape index (κ1) is 14.4. The molecule has 1 N–H and O–H groups in total. The molecule has 0 bridgehead atoms. The Kier molecular flexibility index (Phi) is 4.60. The number of halogens is 2. The Bertz CT molecular complexity index is 495. The van der Waals surface area contributed by atoms with Crippen LogP contribution in [-0.4, -0.2) is 24.0 Å². The molecule has 6 nitrogen and oxygen atoms in total. The first-order valence-electron chi connectivity index (χ1n) is 4.85. The lowest BCUT2D eigenvalue weighted by Crippen LogP contribution is -2.27. The number of ether oxygens (including phenoxy) is 1. The number of hydrogen-bond donors (Lipinski definition) is 1. The number of nitrogens with zero attached hydrogens (tertiary/aromatic N) is 1. The molecule has 1 atom stereocenters. The quantitative estimate of drug-likeness (QED) is 0.523. The predicted molar refractivity (Wildman–Crippen MR) is 65.9 cm³/mol. The molecule has 18 heavy (non-hydrogen) atoms. The second kappa shape index (κ2) is 5.76. The predicted octanol–water partition coefficient (Wildman–Crippen LogP) is 2.47. The maximum Gasteiger partial charge on any atom is 0.328 e. The Labute approximate surface area is 110 Å². The number of anilines is 1. The van der Waals surface area contributed by atoms with E-state index >= 15 is 0 Å². The van der Waals surface area contributed by atoms with Crippen molar-refractivity contribution in [3.05, 3.63) is 32.5 Å². The fourth-order valence-corrected chi connectivity index (χ4v) is 1.62. The zero-order valence-electron chi connectivity index (χ0n) is 9.57.